The molecule has 2 aromatic rings. The van der Waals surface area contributed by atoms with E-state index >= 15 is 0 Å². The van der Waals surface area contributed by atoms with E-state index in [1.54, 1.807) is 6.20 Å². The van der Waals surface area contributed by atoms with E-state index in [4.69, 9.17) is 0 Å². The molecule has 1 aromatic carbocycles. The number of anilines is 1. The standard InChI is InChI=1S/C19H27N5/c1-4-20-19(23-15-17-10-8-9-13-21-17)22-14-16(2)24(3)18-11-6-5-7-12-18/h5-13,16H,4,14-15H2,1-3H3,(H2,20,22,23). The molecule has 0 spiro atoms. The molecule has 0 fully saturated rings. The predicted octanol–water partition coefficient (Wildman–Crippen LogP) is 2.66. The Balaban J connectivity index is 1.90. The van der Waals surface area contributed by atoms with E-state index in [0.717, 1.165) is 24.7 Å². The predicted molar refractivity (Wildman–Crippen MR) is 101 cm³/mol. The van der Waals surface area contributed by atoms with E-state index in [-0.39, 0.29) is 0 Å². The van der Waals surface area contributed by atoms with Crippen LogP contribution >= 0.6 is 0 Å². The zero-order valence-electron chi connectivity index (χ0n) is 14.7. The van der Waals surface area contributed by atoms with Crippen molar-refractivity contribution < 1.29 is 0 Å². The number of aromatic nitrogens is 1. The van der Waals surface area contributed by atoms with Crippen molar-refractivity contribution in [2.24, 2.45) is 4.99 Å². The second-order valence-electron chi connectivity index (χ2n) is 5.69. The van der Waals surface area contributed by atoms with E-state index in [1.165, 1.54) is 5.69 Å². The first kappa shape index (κ1) is 17.8. The number of hydrogen-bond acceptors (Lipinski definition) is 3. The molecule has 2 N–H and O–H groups in total. The molecule has 1 aromatic heterocycles. The molecule has 128 valence electrons. The van der Waals surface area contributed by atoms with Crippen LogP contribution in [0.25, 0.3) is 0 Å². The van der Waals surface area contributed by atoms with Crippen LogP contribution in [0, 0.1) is 0 Å². The molecule has 0 aliphatic heterocycles. The van der Waals surface area contributed by atoms with Crippen LogP contribution in [0.15, 0.2) is 59.7 Å². The van der Waals surface area contributed by atoms with Crippen molar-refractivity contribution in [3.8, 4) is 0 Å². The van der Waals surface area contributed by atoms with Gasteiger partial charge in [-0.1, -0.05) is 24.3 Å². The van der Waals surface area contributed by atoms with Gasteiger partial charge in [0.2, 0.25) is 0 Å². The number of para-hydroxylation sites is 1. The molecule has 0 saturated heterocycles. The van der Waals surface area contributed by atoms with Gasteiger partial charge in [-0.2, -0.15) is 0 Å². The molecule has 1 unspecified atom stereocenters. The Labute approximate surface area is 144 Å². The third-order valence-electron chi connectivity index (χ3n) is 3.86. The number of rotatable bonds is 7. The van der Waals surface area contributed by atoms with Crippen molar-refractivity contribution in [3.63, 3.8) is 0 Å². The maximum atomic E-state index is 4.60. The Kier molecular flexibility index (Phi) is 7.08. The van der Waals surface area contributed by atoms with Crippen LogP contribution in [0.4, 0.5) is 5.69 Å². The molecule has 1 atom stereocenters. The summed E-state index contributed by atoms with van der Waals surface area (Å²) in [4.78, 5) is 11.2. The molecular formula is C19H27N5. The summed E-state index contributed by atoms with van der Waals surface area (Å²) in [7, 11) is 2.11. The van der Waals surface area contributed by atoms with Crippen molar-refractivity contribution in [1.82, 2.24) is 15.6 Å². The van der Waals surface area contributed by atoms with Crippen LogP contribution < -0.4 is 15.5 Å². The summed E-state index contributed by atoms with van der Waals surface area (Å²) in [5.41, 5.74) is 2.17. The van der Waals surface area contributed by atoms with Crippen molar-refractivity contribution in [2.45, 2.75) is 26.4 Å². The normalized spacial score (nSPS) is 12.5. The number of hydrogen-bond donors (Lipinski definition) is 2. The average molecular weight is 325 g/mol. The van der Waals surface area contributed by atoms with Crippen LogP contribution in [0.2, 0.25) is 0 Å². The van der Waals surface area contributed by atoms with Gasteiger partial charge in [0.25, 0.3) is 0 Å². The quantitative estimate of drug-likeness (QED) is 0.607. The van der Waals surface area contributed by atoms with Crippen molar-refractivity contribution in [3.05, 3.63) is 60.4 Å². The fraction of sp³-hybridized carbons (Fsp3) is 0.368. The average Bonchev–Trinajstić information content (AvgIpc) is 2.64. The zero-order valence-corrected chi connectivity index (χ0v) is 14.7. The van der Waals surface area contributed by atoms with Crippen LogP contribution in [0.5, 0.6) is 0 Å². The lowest BCUT2D eigenvalue weighted by Crippen LogP contribution is -2.45. The number of likely N-dealkylation sites (N-methyl/N-ethyl adjacent to an activating group) is 1. The van der Waals surface area contributed by atoms with Gasteiger partial charge in [0.15, 0.2) is 5.96 Å². The zero-order chi connectivity index (χ0) is 17.2. The molecule has 0 saturated carbocycles. The monoisotopic (exact) mass is 325 g/mol. The number of aliphatic imine (C=N–C) groups is 1. The summed E-state index contributed by atoms with van der Waals surface area (Å²) in [6.07, 6.45) is 1.79. The van der Waals surface area contributed by atoms with Gasteiger partial charge < -0.3 is 15.5 Å². The molecule has 0 bridgehead atoms. The first-order valence-corrected chi connectivity index (χ1v) is 8.40. The summed E-state index contributed by atoms with van der Waals surface area (Å²) >= 11 is 0. The van der Waals surface area contributed by atoms with Crippen LogP contribution in [-0.4, -0.2) is 37.1 Å². The minimum absolute atomic E-state index is 0.339. The highest BCUT2D eigenvalue weighted by Gasteiger charge is 2.10. The molecule has 2 rings (SSSR count). The number of nitrogens with one attached hydrogen (secondary N) is 2. The van der Waals surface area contributed by atoms with Gasteiger partial charge in [-0.15, -0.1) is 0 Å². The van der Waals surface area contributed by atoms with Gasteiger partial charge in [-0.3, -0.25) is 4.98 Å². The van der Waals surface area contributed by atoms with E-state index in [0.29, 0.717) is 12.6 Å². The molecular weight excluding hydrogens is 298 g/mol. The minimum atomic E-state index is 0.339. The molecule has 0 amide bonds. The smallest absolute Gasteiger partial charge is 0.191 e. The fourth-order valence-electron chi connectivity index (χ4n) is 2.29. The van der Waals surface area contributed by atoms with Gasteiger partial charge in [-0.25, -0.2) is 4.99 Å². The first-order chi connectivity index (χ1) is 11.7. The van der Waals surface area contributed by atoms with E-state index in [9.17, 15) is 0 Å². The molecule has 24 heavy (non-hydrogen) atoms. The van der Waals surface area contributed by atoms with Crippen molar-refractivity contribution >= 4 is 11.6 Å². The summed E-state index contributed by atoms with van der Waals surface area (Å²) < 4.78 is 0. The lowest BCUT2D eigenvalue weighted by atomic mass is 10.2. The van der Waals surface area contributed by atoms with Crippen molar-refractivity contribution in [1.29, 1.82) is 0 Å². The largest absolute Gasteiger partial charge is 0.370 e. The second-order valence-corrected chi connectivity index (χ2v) is 5.69. The Morgan fingerprint density at radius 2 is 1.88 bits per heavy atom. The SMILES string of the molecule is CCNC(=NCc1ccccn1)NCC(C)N(C)c1ccccc1. The Morgan fingerprint density at radius 1 is 1.12 bits per heavy atom. The van der Waals surface area contributed by atoms with Crippen LogP contribution in [-0.2, 0) is 6.54 Å². The number of pyridine rings is 1. The van der Waals surface area contributed by atoms with Gasteiger partial charge in [-0.05, 0) is 38.1 Å². The fourth-order valence-corrected chi connectivity index (χ4v) is 2.29. The van der Waals surface area contributed by atoms with Gasteiger partial charge >= 0.3 is 0 Å². The molecule has 1 heterocycles. The van der Waals surface area contributed by atoms with Crippen LogP contribution in [0.1, 0.15) is 19.5 Å². The summed E-state index contributed by atoms with van der Waals surface area (Å²) in [6.45, 7) is 6.47. The molecule has 5 nitrogen and oxygen atoms in total. The Hall–Kier alpha value is -2.56. The molecule has 0 aliphatic carbocycles. The molecule has 5 heteroatoms. The maximum absolute atomic E-state index is 4.60. The third-order valence-corrected chi connectivity index (χ3v) is 3.86. The summed E-state index contributed by atoms with van der Waals surface area (Å²) in [5, 5.41) is 6.69. The van der Waals surface area contributed by atoms with Gasteiger partial charge in [0.1, 0.15) is 0 Å². The van der Waals surface area contributed by atoms with E-state index in [1.807, 2.05) is 24.3 Å². The Morgan fingerprint density at radius 3 is 2.54 bits per heavy atom. The second kappa shape index (κ2) is 9.55. The highest BCUT2D eigenvalue weighted by molar-refractivity contribution is 5.79. The highest BCUT2D eigenvalue weighted by Crippen LogP contribution is 2.13. The highest BCUT2D eigenvalue weighted by atomic mass is 15.2. The van der Waals surface area contributed by atoms with Crippen LogP contribution in [0.3, 0.4) is 0 Å². The van der Waals surface area contributed by atoms with Gasteiger partial charge in [0, 0.05) is 38.1 Å². The number of guanidine groups is 1. The number of benzene rings is 1. The molecule has 0 radical (unpaired) electrons. The third kappa shape index (κ3) is 5.57. The summed E-state index contributed by atoms with van der Waals surface area (Å²) in [6, 6.07) is 16.6. The molecule has 0 aliphatic rings. The lowest BCUT2D eigenvalue weighted by Gasteiger charge is -2.27. The Bertz CT molecular complexity index is 612. The first-order valence-electron chi connectivity index (χ1n) is 8.40. The minimum Gasteiger partial charge on any atom is -0.370 e. The van der Waals surface area contributed by atoms with Crippen molar-refractivity contribution in [2.75, 3.05) is 25.0 Å². The van der Waals surface area contributed by atoms with E-state index in [2.05, 4.69) is 70.7 Å². The van der Waals surface area contributed by atoms with E-state index < -0.39 is 0 Å². The van der Waals surface area contributed by atoms with Gasteiger partial charge in [0.05, 0.1) is 12.2 Å². The lowest BCUT2D eigenvalue weighted by molar-refractivity contribution is 0.648. The summed E-state index contributed by atoms with van der Waals surface area (Å²) in [5.74, 6) is 0.816. The number of nitrogens with zero attached hydrogens (tertiary/aromatic N) is 3. The topological polar surface area (TPSA) is 52.6 Å². The maximum Gasteiger partial charge on any atom is 0.191 e.